The standard InChI is InChI=1S/C20H28ClN5O2.HI/c1-3-22-20(23-14-19(27-2)16-5-4-6-17(21)13-16)26-10-8-25(9-11-26)15-18-7-12-28-24-18;/h4-7,12-13,19H,3,8-11,14-15H2,1-2H3,(H,22,23);1H. The number of guanidine groups is 1. The van der Waals surface area contributed by atoms with Gasteiger partial charge in [0.1, 0.15) is 12.4 Å². The Balaban J connectivity index is 0.00000300. The van der Waals surface area contributed by atoms with Crippen LogP contribution in [0, 0.1) is 0 Å². The normalized spacial score (nSPS) is 16.4. The molecule has 0 bridgehead atoms. The molecule has 7 nitrogen and oxygen atoms in total. The zero-order valence-corrected chi connectivity index (χ0v) is 20.0. The summed E-state index contributed by atoms with van der Waals surface area (Å²) in [5.74, 6) is 0.924. The van der Waals surface area contributed by atoms with Crippen LogP contribution in [0.3, 0.4) is 0 Å². The van der Waals surface area contributed by atoms with Gasteiger partial charge in [-0.05, 0) is 24.6 Å². The highest BCUT2D eigenvalue weighted by Gasteiger charge is 2.21. The van der Waals surface area contributed by atoms with E-state index in [4.69, 9.17) is 25.9 Å². The molecule has 0 aliphatic carbocycles. The molecule has 9 heteroatoms. The van der Waals surface area contributed by atoms with Crippen LogP contribution in [0.2, 0.25) is 5.02 Å². The lowest BCUT2D eigenvalue weighted by molar-refractivity contribution is 0.110. The summed E-state index contributed by atoms with van der Waals surface area (Å²) in [5.41, 5.74) is 2.01. The Labute approximate surface area is 194 Å². The van der Waals surface area contributed by atoms with E-state index in [1.165, 1.54) is 0 Å². The molecule has 0 saturated carbocycles. The molecule has 0 radical (unpaired) electrons. The van der Waals surface area contributed by atoms with E-state index in [2.05, 4.69) is 27.2 Å². The number of hydrogen-bond acceptors (Lipinski definition) is 5. The second-order valence-corrected chi connectivity index (χ2v) is 7.16. The highest BCUT2D eigenvalue weighted by Crippen LogP contribution is 2.21. The summed E-state index contributed by atoms with van der Waals surface area (Å²) in [4.78, 5) is 9.51. The van der Waals surface area contributed by atoms with Crippen molar-refractivity contribution in [2.24, 2.45) is 4.99 Å². The Hall–Kier alpha value is -1.36. The van der Waals surface area contributed by atoms with Crippen molar-refractivity contribution in [3.8, 4) is 0 Å². The minimum absolute atomic E-state index is 0. The molecule has 0 spiro atoms. The smallest absolute Gasteiger partial charge is 0.194 e. The fraction of sp³-hybridized carbons (Fsp3) is 0.500. The summed E-state index contributed by atoms with van der Waals surface area (Å²) in [7, 11) is 1.71. The number of rotatable bonds is 7. The zero-order valence-electron chi connectivity index (χ0n) is 16.9. The summed E-state index contributed by atoms with van der Waals surface area (Å²) in [6.45, 7) is 8.01. The quantitative estimate of drug-likeness (QED) is 0.334. The Bertz CT molecular complexity index is 751. The van der Waals surface area contributed by atoms with E-state index < -0.39 is 0 Å². The van der Waals surface area contributed by atoms with Gasteiger partial charge >= 0.3 is 0 Å². The molecule has 3 rings (SSSR count). The number of nitrogens with zero attached hydrogens (tertiary/aromatic N) is 4. The second kappa shape index (κ2) is 12.4. The third-order valence-electron chi connectivity index (χ3n) is 4.80. The van der Waals surface area contributed by atoms with Crippen molar-refractivity contribution in [1.82, 2.24) is 20.3 Å². The predicted octanol–water partition coefficient (Wildman–Crippen LogP) is 3.42. The van der Waals surface area contributed by atoms with Crippen LogP contribution < -0.4 is 5.32 Å². The highest BCUT2D eigenvalue weighted by atomic mass is 127. The van der Waals surface area contributed by atoms with Crippen molar-refractivity contribution in [2.45, 2.75) is 19.6 Å². The molecule has 1 unspecified atom stereocenters. The minimum Gasteiger partial charge on any atom is -0.375 e. The Morgan fingerprint density at radius 1 is 1.31 bits per heavy atom. The third-order valence-corrected chi connectivity index (χ3v) is 5.03. The fourth-order valence-corrected chi connectivity index (χ4v) is 3.48. The predicted molar refractivity (Wildman–Crippen MR) is 126 cm³/mol. The first kappa shape index (κ1) is 23.9. The summed E-state index contributed by atoms with van der Waals surface area (Å²) < 4.78 is 10.6. The van der Waals surface area contributed by atoms with Gasteiger partial charge < -0.3 is 19.5 Å². The third kappa shape index (κ3) is 7.13. The molecular formula is C20H29ClIN5O2. The first-order valence-electron chi connectivity index (χ1n) is 9.62. The average Bonchev–Trinajstić information content (AvgIpc) is 3.21. The molecule has 160 valence electrons. The lowest BCUT2D eigenvalue weighted by Crippen LogP contribution is -2.52. The molecule has 0 amide bonds. The number of ether oxygens (including phenoxy) is 1. The monoisotopic (exact) mass is 533 g/mol. The molecule has 1 aromatic heterocycles. The first-order valence-corrected chi connectivity index (χ1v) is 10.0. The molecule has 1 N–H and O–H groups in total. The number of aromatic nitrogens is 1. The molecule has 1 aliphatic heterocycles. The van der Waals surface area contributed by atoms with E-state index in [0.29, 0.717) is 11.6 Å². The largest absolute Gasteiger partial charge is 0.375 e. The number of halogens is 2. The summed E-state index contributed by atoms with van der Waals surface area (Å²) in [6.07, 6.45) is 1.49. The summed E-state index contributed by atoms with van der Waals surface area (Å²) >= 11 is 6.12. The molecule has 1 aromatic carbocycles. The average molecular weight is 534 g/mol. The first-order chi connectivity index (χ1) is 13.7. The van der Waals surface area contributed by atoms with Gasteiger partial charge in [0.05, 0.1) is 12.2 Å². The van der Waals surface area contributed by atoms with Crippen molar-refractivity contribution in [3.63, 3.8) is 0 Å². The van der Waals surface area contributed by atoms with Crippen LogP contribution in [0.15, 0.2) is 46.1 Å². The number of benzene rings is 1. The highest BCUT2D eigenvalue weighted by molar-refractivity contribution is 14.0. The van der Waals surface area contributed by atoms with Crippen LogP contribution in [0.25, 0.3) is 0 Å². The van der Waals surface area contributed by atoms with Crippen LogP contribution in [-0.4, -0.2) is 67.3 Å². The number of methoxy groups -OCH3 is 1. The van der Waals surface area contributed by atoms with E-state index >= 15 is 0 Å². The van der Waals surface area contributed by atoms with E-state index in [0.717, 1.165) is 56.5 Å². The van der Waals surface area contributed by atoms with E-state index in [9.17, 15) is 0 Å². The van der Waals surface area contributed by atoms with Crippen LogP contribution in [-0.2, 0) is 11.3 Å². The van der Waals surface area contributed by atoms with Crippen LogP contribution >= 0.6 is 35.6 Å². The van der Waals surface area contributed by atoms with E-state index in [-0.39, 0.29) is 30.1 Å². The van der Waals surface area contributed by atoms with Gasteiger partial charge in [0.25, 0.3) is 0 Å². The van der Waals surface area contributed by atoms with E-state index in [1.54, 1.807) is 13.4 Å². The van der Waals surface area contributed by atoms with Gasteiger partial charge in [-0.2, -0.15) is 0 Å². The molecule has 1 fully saturated rings. The van der Waals surface area contributed by atoms with Crippen molar-refractivity contribution >= 4 is 41.5 Å². The van der Waals surface area contributed by atoms with Crippen LogP contribution in [0.4, 0.5) is 0 Å². The fourth-order valence-electron chi connectivity index (χ4n) is 3.28. The number of hydrogen-bond donors (Lipinski definition) is 1. The molecule has 1 atom stereocenters. The summed E-state index contributed by atoms with van der Waals surface area (Å²) in [6, 6.07) is 9.67. The summed E-state index contributed by atoms with van der Waals surface area (Å²) in [5, 5.41) is 8.11. The maximum Gasteiger partial charge on any atom is 0.194 e. The lowest BCUT2D eigenvalue weighted by atomic mass is 10.1. The lowest BCUT2D eigenvalue weighted by Gasteiger charge is -2.36. The molecule has 1 saturated heterocycles. The SMILES string of the molecule is CCNC(=NCC(OC)c1cccc(Cl)c1)N1CCN(Cc2ccon2)CC1.I. The maximum atomic E-state index is 6.12. The molecular weight excluding hydrogens is 505 g/mol. The topological polar surface area (TPSA) is 66.1 Å². The zero-order chi connectivity index (χ0) is 19.8. The van der Waals surface area contributed by atoms with Gasteiger partial charge in [0.2, 0.25) is 0 Å². The van der Waals surface area contributed by atoms with Crippen molar-refractivity contribution in [2.75, 3.05) is 46.4 Å². The Kier molecular flexibility index (Phi) is 10.2. The van der Waals surface area contributed by atoms with Gasteiger partial charge in [-0.15, -0.1) is 24.0 Å². The second-order valence-electron chi connectivity index (χ2n) is 6.73. The Morgan fingerprint density at radius 2 is 2.10 bits per heavy atom. The molecule has 2 aromatic rings. The number of aliphatic imine (C=N–C) groups is 1. The van der Waals surface area contributed by atoms with Crippen molar-refractivity contribution in [3.05, 3.63) is 52.9 Å². The molecule has 29 heavy (non-hydrogen) atoms. The maximum absolute atomic E-state index is 6.12. The van der Waals surface area contributed by atoms with Gasteiger partial charge in [0, 0.05) is 57.5 Å². The van der Waals surface area contributed by atoms with Gasteiger partial charge in [-0.25, -0.2) is 0 Å². The van der Waals surface area contributed by atoms with Crippen LogP contribution in [0.1, 0.15) is 24.3 Å². The van der Waals surface area contributed by atoms with Crippen molar-refractivity contribution in [1.29, 1.82) is 0 Å². The molecule has 1 aliphatic rings. The molecule has 2 heterocycles. The van der Waals surface area contributed by atoms with Gasteiger partial charge in [0.15, 0.2) is 5.96 Å². The minimum atomic E-state index is -0.124. The van der Waals surface area contributed by atoms with Gasteiger partial charge in [-0.1, -0.05) is 28.9 Å². The Morgan fingerprint density at radius 3 is 2.72 bits per heavy atom. The number of nitrogens with one attached hydrogen (secondary N) is 1. The van der Waals surface area contributed by atoms with Gasteiger partial charge in [-0.3, -0.25) is 9.89 Å². The number of piperazine rings is 1. The van der Waals surface area contributed by atoms with Crippen LogP contribution in [0.5, 0.6) is 0 Å². The van der Waals surface area contributed by atoms with Crippen molar-refractivity contribution < 1.29 is 9.26 Å². The van der Waals surface area contributed by atoms with E-state index in [1.807, 2.05) is 30.3 Å².